The zero-order valence-electron chi connectivity index (χ0n) is 10.9. The number of nitrogens with one attached hydrogen (secondary N) is 1. The molecule has 1 amide bonds. The molecular weight excluding hydrogens is 254 g/mol. The molecule has 2 aromatic rings. The van der Waals surface area contributed by atoms with Crippen LogP contribution in [0.5, 0.6) is 0 Å². The summed E-state index contributed by atoms with van der Waals surface area (Å²) >= 11 is 0. The molecule has 5 nitrogen and oxygen atoms in total. The van der Waals surface area contributed by atoms with Crippen LogP contribution in [0.3, 0.4) is 0 Å². The van der Waals surface area contributed by atoms with Crippen LogP contribution < -0.4 is 16.8 Å². The van der Waals surface area contributed by atoms with Crippen LogP contribution in [0.1, 0.15) is 22.0 Å². The maximum absolute atomic E-state index is 11.1. The Morgan fingerprint density at radius 2 is 1.90 bits per heavy atom. The lowest BCUT2D eigenvalue weighted by Crippen LogP contribution is -2.15. The van der Waals surface area contributed by atoms with Crippen LogP contribution in [-0.4, -0.2) is 17.6 Å². The highest BCUT2D eigenvalue weighted by molar-refractivity contribution is 5.94. The Labute approximate surface area is 117 Å². The normalized spacial score (nSPS) is 11.8. The van der Waals surface area contributed by atoms with Gasteiger partial charge < -0.3 is 21.9 Å². The van der Waals surface area contributed by atoms with Crippen LogP contribution in [0.4, 0.5) is 11.4 Å². The van der Waals surface area contributed by atoms with Crippen molar-refractivity contribution in [1.29, 1.82) is 0 Å². The van der Waals surface area contributed by atoms with Crippen molar-refractivity contribution in [2.24, 2.45) is 5.73 Å². The van der Waals surface area contributed by atoms with E-state index in [9.17, 15) is 9.90 Å². The van der Waals surface area contributed by atoms with Crippen LogP contribution in [0, 0.1) is 0 Å². The van der Waals surface area contributed by atoms with Crippen molar-refractivity contribution in [3.05, 3.63) is 59.7 Å². The summed E-state index contributed by atoms with van der Waals surface area (Å²) in [5, 5.41) is 13.1. The Bertz CT molecular complexity index is 599. The number of benzene rings is 2. The lowest BCUT2D eigenvalue weighted by Gasteiger charge is -2.15. The third-order valence-corrected chi connectivity index (χ3v) is 3.01. The van der Waals surface area contributed by atoms with E-state index in [2.05, 4.69) is 5.32 Å². The van der Waals surface area contributed by atoms with Gasteiger partial charge >= 0.3 is 0 Å². The second-order valence-electron chi connectivity index (χ2n) is 4.47. The predicted molar refractivity (Wildman–Crippen MR) is 79.3 cm³/mol. The molecule has 0 fully saturated rings. The van der Waals surface area contributed by atoms with E-state index < -0.39 is 12.0 Å². The molecule has 0 aliphatic rings. The van der Waals surface area contributed by atoms with Gasteiger partial charge in [0.15, 0.2) is 0 Å². The van der Waals surface area contributed by atoms with E-state index in [1.54, 1.807) is 18.2 Å². The molecule has 2 rings (SSSR count). The molecule has 0 saturated carbocycles. The van der Waals surface area contributed by atoms with E-state index in [1.165, 1.54) is 0 Å². The molecule has 0 saturated heterocycles. The van der Waals surface area contributed by atoms with E-state index in [4.69, 9.17) is 11.5 Å². The van der Waals surface area contributed by atoms with Crippen molar-refractivity contribution in [1.82, 2.24) is 0 Å². The number of rotatable bonds is 5. The van der Waals surface area contributed by atoms with Gasteiger partial charge in [-0.1, -0.05) is 30.3 Å². The fraction of sp³-hybridized carbons (Fsp3) is 0.133. The number of hydrogen-bond donors (Lipinski definition) is 4. The molecule has 0 spiro atoms. The van der Waals surface area contributed by atoms with Crippen molar-refractivity contribution in [3.8, 4) is 0 Å². The molecule has 20 heavy (non-hydrogen) atoms. The second kappa shape index (κ2) is 6.08. The van der Waals surface area contributed by atoms with Crippen molar-refractivity contribution in [3.63, 3.8) is 0 Å². The SMILES string of the molecule is NC(=O)c1ccc(N)c(NCC(O)c2ccccc2)c1. The number of anilines is 2. The number of hydrogen-bond acceptors (Lipinski definition) is 4. The highest BCUT2D eigenvalue weighted by Gasteiger charge is 2.09. The number of amides is 1. The van der Waals surface area contributed by atoms with Crippen LogP contribution in [0.15, 0.2) is 48.5 Å². The minimum absolute atomic E-state index is 0.288. The third-order valence-electron chi connectivity index (χ3n) is 3.01. The maximum Gasteiger partial charge on any atom is 0.248 e. The van der Waals surface area contributed by atoms with Crippen LogP contribution in [0.2, 0.25) is 0 Å². The first-order chi connectivity index (χ1) is 9.58. The first-order valence-corrected chi connectivity index (χ1v) is 6.24. The van der Waals surface area contributed by atoms with Gasteiger partial charge in [0.2, 0.25) is 5.91 Å². The minimum atomic E-state index is -0.659. The molecule has 0 aliphatic heterocycles. The van der Waals surface area contributed by atoms with E-state index >= 15 is 0 Å². The summed E-state index contributed by atoms with van der Waals surface area (Å²) in [5.41, 5.74) is 13.3. The number of primary amides is 1. The van der Waals surface area contributed by atoms with Crippen molar-refractivity contribution in [2.45, 2.75) is 6.10 Å². The van der Waals surface area contributed by atoms with E-state index in [-0.39, 0.29) is 6.54 Å². The largest absolute Gasteiger partial charge is 0.397 e. The van der Waals surface area contributed by atoms with Gasteiger partial charge in [0.1, 0.15) is 0 Å². The van der Waals surface area contributed by atoms with Gasteiger partial charge in [-0.25, -0.2) is 0 Å². The molecule has 6 N–H and O–H groups in total. The highest BCUT2D eigenvalue weighted by atomic mass is 16.3. The molecule has 0 aliphatic carbocycles. The smallest absolute Gasteiger partial charge is 0.248 e. The van der Waals surface area contributed by atoms with E-state index in [1.807, 2.05) is 30.3 Å². The minimum Gasteiger partial charge on any atom is -0.397 e. The first kappa shape index (κ1) is 13.9. The van der Waals surface area contributed by atoms with Gasteiger partial charge in [-0.05, 0) is 23.8 Å². The van der Waals surface area contributed by atoms with Crippen LogP contribution >= 0.6 is 0 Å². The third kappa shape index (κ3) is 3.27. The molecule has 5 heteroatoms. The van der Waals surface area contributed by atoms with Crippen LogP contribution in [0.25, 0.3) is 0 Å². The van der Waals surface area contributed by atoms with Crippen molar-refractivity contribution >= 4 is 17.3 Å². The summed E-state index contributed by atoms with van der Waals surface area (Å²) in [6.07, 6.45) is -0.659. The number of carbonyl (C=O) groups is 1. The van der Waals surface area contributed by atoms with Gasteiger partial charge in [-0.3, -0.25) is 4.79 Å². The first-order valence-electron chi connectivity index (χ1n) is 6.24. The van der Waals surface area contributed by atoms with E-state index in [0.717, 1.165) is 5.56 Å². The quantitative estimate of drug-likeness (QED) is 0.619. The van der Waals surface area contributed by atoms with Crippen LogP contribution in [-0.2, 0) is 0 Å². The lowest BCUT2D eigenvalue weighted by atomic mass is 10.1. The monoisotopic (exact) mass is 271 g/mol. The molecule has 1 atom stereocenters. The van der Waals surface area contributed by atoms with Gasteiger partial charge in [0.25, 0.3) is 0 Å². The molecule has 104 valence electrons. The average molecular weight is 271 g/mol. The summed E-state index contributed by atoms with van der Waals surface area (Å²) in [5.74, 6) is -0.517. The number of carbonyl (C=O) groups excluding carboxylic acids is 1. The number of aliphatic hydroxyl groups excluding tert-OH is 1. The Morgan fingerprint density at radius 1 is 1.20 bits per heavy atom. The predicted octanol–water partition coefficient (Wildman–Crippen LogP) is 1.51. The van der Waals surface area contributed by atoms with E-state index in [0.29, 0.717) is 16.9 Å². The summed E-state index contributed by atoms with van der Waals surface area (Å²) in [6, 6.07) is 14.0. The molecule has 0 radical (unpaired) electrons. The van der Waals surface area contributed by atoms with Gasteiger partial charge in [0, 0.05) is 12.1 Å². The highest BCUT2D eigenvalue weighted by Crippen LogP contribution is 2.21. The van der Waals surface area contributed by atoms with Gasteiger partial charge in [0.05, 0.1) is 17.5 Å². The Kier molecular flexibility index (Phi) is 4.22. The molecule has 1 unspecified atom stereocenters. The zero-order valence-corrected chi connectivity index (χ0v) is 10.9. The molecule has 2 aromatic carbocycles. The average Bonchev–Trinajstić information content (AvgIpc) is 2.46. The standard InChI is InChI=1S/C15H17N3O2/c16-12-7-6-11(15(17)20)8-13(12)18-9-14(19)10-4-2-1-3-5-10/h1-8,14,18-19H,9,16H2,(H2,17,20). The molecular formula is C15H17N3O2. The lowest BCUT2D eigenvalue weighted by molar-refractivity contribution is 0.100. The van der Waals surface area contributed by atoms with Crippen molar-refractivity contribution < 1.29 is 9.90 Å². The summed E-state index contributed by atoms with van der Waals surface area (Å²) in [7, 11) is 0. The fourth-order valence-electron chi connectivity index (χ4n) is 1.86. The van der Waals surface area contributed by atoms with Gasteiger partial charge in [-0.15, -0.1) is 0 Å². The number of nitrogen functional groups attached to an aromatic ring is 1. The summed E-state index contributed by atoms with van der Waals surface area (Å²) < 4.78 is 0. The second-order valence-corrected chi connectivity index (χ2v) is 4.47. The zero-order chi connectivity index (χ0) is 14.5. The van der Waals surface area contributed by atoms with Crippen molar-refractivity contribution in [2.75, 3.05) is 17.6 Å². The maximum atomic E-state index is 11.1. The number of nitrogens with two attached hydrogens (primary N) is 2. The fourth-order valence-corrected chi connectivity index (χ4v) is 1.86. The summed E-state index contributed by atoms with van der Waals surface area (Å²) in [4.78, 5) is 11.1. The summed E-state index contributed by atoms with van der Waals surface area (Å²) in [6.45, 7) is 0.288. The Balaban J connectivity index is 2.07. The molecule has 0 bridgehead atoms. The number of aliphatic hydroxyl groups is 1. The molecule has 0 aromatic heterocycles. The topological polar surface area (TPSA) is 101 Å². The molecule has 0 heterocycles. The Morgan fingerprint density at radius 3 is 2.55 bits per heavy atom. The van der Waals surface area contributed by atoms with Gasteiger partial charge in [-0.2, -0.15) is 0 Å². The Hall–Kier alpha value is -2.53.